The zero-order valence-corrected chi connectivity index (χ0v) is 12.5. The standard InChI is InChI=1S/C15H17F3N2O3/c1-9-6-12(15(16,17)18)3-2-10(9)7-19-14(23)20-5-4-11(8-20)13(21)22/h2-3,6,11H,4-5,7-8H2,1H3,(H,19,23)(H,21,22). The highest BCUT2D eigenvalue weighted by molar-refractivity contribution is 5.77. The summed E-state index contributed by atoms with van der Waals surface area (Å²) >= 11 is 0. The van der Waals surface area contributed by atoms with Gasteiger partial charge in [0, 0.05) is 19.6 Å². The third kappa shape index (κ3) is 4.14. The molecule has 23 heavy (non-hydrogen) atoms. The number of rotatable bonds is 3. The molecule has 5 nitrogen and oxygen atoms in total. The molecule has 0 radical (unpaired) electrons. The van der Waals surface area contributed by atoms with Crippen molar-refractivity contribution in [1.82, 2.24) is 10.2 Å². The van der Waals surface area contributed by atoms with Crippen LogP contribution in [-0.4, -0.2) is 35.1 Å². The molecule has 1 aliphatic rings. The summed E-state index contributed by atoms with van der Waals surface area (Å²) in [6, 6.07) is 2.94. The Morgan fingerprint density at radius 2 is 2.09 bits per heavy atom. The molecule has 1 aliphatic heterocycles. The summed E-state index contributed by atoms with van der Waals surface area (Å²) < 4.78 is 37.8. The quantitative estimate of drug-likeness (QED) is 0.895. The van der Waals surface area contributed by atoms with E-state index in [1.807, 2.05) is 0 Å². The Balaban J connectivity index is 1.94. The lowest BCUT2D eigenvalue weighted by Gasteiger charge is -2.17. The van der Waals surface area contributed by atoms with E-state index >= 15 is 0 Å². The number of carboxylic acids is 1. The van der Waals surface area contributed by atoms with Crippen molar-refractivity contribution in [2.45, 2.75) is 26.1 Å². The molecular formula is C15H17F3N2O3. The highest BCUT2D eigenvalue weighted by Crippen LogP contribution is 2.30. The molecule has 1 aromatic rings. The van der Waals surface area contributed by atoms with Crippen LogP contribution in [0, 0.1) is 12.8 Å². The van der Waals surface area contributed by atoms with Crippen LogP contribution >= 0.6 is 0 Å². The fraction of sp³-hybridized carbons (Fsp3) is 0.467. The molecule has 1 atom stereocenters. The van der Waals surface area contributed by atoms with Crippen LogP contribution in [0.3, 0.4) is 0 Å². The van der Waals surface area contributed by atoms with Crippen LogP contribution in [0.4, 0.5) is 18.0 Å². The van der Waals surface area contributed by atoms with Crippen molar-refractivity contribution >= 4 is 12.0 Å². The normalized spacial score (nSPS) is 18.1. The number of halogens is 3. The van der Waals surface area contributed by atoms with Crippen molar-refractivity contribution in [3.8, 4) is 0 Å². The van der Waals surface area contributed by atoms with E-state index in [1.165, 1.54) is 11.0 Å². The average molecular weight is 330 g/mol. The predicted molar refractivity (Wildman–Crippen MR) is 75.7 cm³/mol. The first-order valence-electron chi connectivity index (χ1n) is 7.11. The van der Waals surface area contributed by atoms with E-state index in [0.717, 1.165) is 12.1 Å². The molecule has 0 saturated carbocycles. The zero-order chi connectivity index (χ0) is 17.2. The molecule has 0 aromatic heterocycles. The van der Waals surface area contributed by atoms with E-state index in [-0.39, 0.29) is 13.1 Å². The Kier molecular flexibility index (Phi) is 4.82. The molecule has 1 unspecified atom stereocenters. The first-order chi connectivity index (χ1) is 10.7. The van der Waals surface area contributed by atoms with Crippen LogP contribution in [0.15, 0.2) is 18.2 Å². The van der Waals surface area contributed by atoms with Crippen LogP contribution in [0.25, 0.3) is 0 Å². The zero-order valence-electron chi connectivity index (χ0n) is 12.5. The number of nitrogens with one attached hydrogen (secondary N) is 1. The SMILES string of the molecule is Cc1cc(C(F)(F)F)ccc1CNC(=O)N1CCC(C(=O)O)C1. The Labute approximate surface area is 131 Å². The van der Waals surface area contributed by atoms with Crippen molar-refractivity contribution in [3.63, 3.8) is 0 Å². The maximum atomic E-state index is 12.6. The van der Waals surface area contributed by atoms with Crippen LogP contribution in [0.2, 0.25) is 0 Å². The molecule has 1 fully saturated rings. The fourth-order valence-corrected chi connectivity index (χ4v) is 2.50. The first kappa shape index (κ1) is 17.1. The molecule has 0 spiro atoms. The number of hydrogen-bond donors (Lipinski definition) is 2. The Bertz CT molecular complexity index is 616. The summed E-state index contributed by atoms with van der Waals surface area (Å²) in [7, 11) is 0. The number of amides is 2. The van der Waals surface area contributed by atoms with Gasteiger partial charge in [0.2, 0.25) is 0 Å². The summed E-state index contributed by atoms with van der Waals surface area (Å²) in [6.45, 7) is 2.14. The van der Waals surface area contributed by atoms with E-state index in [4.69, 9.17) is 5.11 Å². The Morgan fingerprint density at radius 1 is 1.39 bits per heavy atom. The number of benzene rings is 1. The average Bonchev–Trinajstić information content (AvgIpc) is 2.94. The summed E-state index contributed by atoms with van der Waals surface area (Å²) in [5.74, 6) is -1.49. The minimum absolute atomic E-state index is 0.0943. The molecule has 1 aromatic carbocycles. The summed E-state index contributed by atoms with van der Waals surface area (Å²) in [5.41, 5.74) is 0.291. The van der Waals surface area contributed by atoms with Gasteiger partial charge in [-0.2, -0.15) is 13.2 Å². The number of alkyl halides is 3. The van der Waals surface area contributed by atoms with Gasteiger partial charge in [0.15, 0.2) is 0 Å². The fourth-order valence-electron chi connectivity index (χ4n) is 2.50. The smallest absolute Gasteiger partial charge is 0.416 e. The number of nitrogens with zero attached hydrogens (tertiary/aromatic N) is 1. The topological polar surface area (TPSA) is 69.6 Å². The second-order valence-electron chi connectivity index (χ2n) is 5.57. The van der Waals surface area contributed by atoms with Crippen molar-refractivity contribution in [1.29, 1.82) is 0 Å². The third-order valence-electron chi connectivity index (χ3n) is 3.92. The van der Waals surface area contributed by atoms with Crippen molar-refractivity contribution < 1.29 is 27.9 Å². The number of aryl methyl sites for hydroxylation is 1. The lowest BCUT2D eigenvalue weighted by atomic mass is 10.0. The maximum Gasteiger partial charge on any atom is 0.416 e. The Morgan fingerprint density at radius 3 is 2.61 bits per heavy atom. The molecule has 2 rings (SSSR count). The largest absolute Gasteiger partial charge is 0.481 e. The van der Waals surface area contributed by atoms with Crippen molar-refractivity contribution in [2.75, 3.05) is 13.1 Å². The molecule has 0 bridgehead atoms. The summed E-state index contributed by atoms with van der Waals surface area (Å²) in [5, 5.41) is 11.5. The molecule has 2 amide bonds. The molecular weight excluding hydrogens is 313 g/mol. The molecule has 1 heterocycles. The maximum absolute atomic E-state index is 12.6. The summed E-state index contributed by atoms with van der Waals surface area (Å²) in [4.78, 5) is 24.2. The number of carboxylic acid groups (broad SMARTS) is 1. The van der Waals surface area contributed by atoms with Gasteiger partial charge in [-0.1, -0.05) is 6.07 Å². The lowest BCUT2D eigenvalue weighted by molar-refractivity contribution is -0.141. The number of aliphatic carboxylic acids is 1. The van der Waals surface area contributed by atoms with Crippen LogP contribution in [0.1, 0.15) is 23.1 Å². The minimum Gasteiger partial charge on any atom is -0.481 e. The third-order valence-corrected chi connectivity index (χ3v) is 3.92. The van der Waals surface area contributed by atoms with Gasteiger partial charge in [0.1, 0.15) is 0 Å². The van der Waals surface area contributed by atoms with E-state index < -0.39 is 29.7 Å². The van der Waals surface area contributed by atoms with Gasteiger partial charge in [-0.3, -0.25) is 4.79 Å². The Hall–Kier alpha value is -2.25. The van der Waals surface area contributed by atoms with Crippen molar-refractivity contribution in [3.05, 3.63) is 34.9 Å². The number of carbonyl (C=O) groups is 2. The van der Waals surface area contributed by atoms with Crippen LogP contribution in [0.5, 0.6) is 0 Å². The molecule has 126 valence electrons. The predicted octanol–water partition coefficient (Wildman–Crippen LogP) is 2.63. The van der Waals surface area contributed by atoms with Gasteiger partial charge in [-0.25, -0.2) is 4.79 Å². The summed E-state index contributed by atoms with van der Waals surface area (Å²) in [6.07, 6.45) is -3.99. The molecule has 1 saturated heterocycles. The van der Waals surface area contributed by atoms with Gasteiger partial charge in [-0.15, -0.1) is 0 Å². The van der Waals surface area contributed by atoms with E-state index in [9.17, 15) is 22.8 Å². The van der Waals surface area contributed by atoms with Gasteiger partial charge in [0.25, 0.3) is 0 Å². The highest BCUT2D eigenvalue weighted by Gasteiger charge is 2.31. The second-order valence-corrected chi connectivity index (χ2v) is 5.57. The number of urea groups is 1. The van der Waals surface area contributed by atoms with Gasteiger partial charge in [-0.05, 0) is 36.6 Å². The monoisotopic (exact) mass is 330 g/mol. The van der Waals surface area contributed by atoms with Crippen LogP contribution in [-0.2, 0) is 17.5 Å². The van der Waals surface area contributed by atoms with E-state index in [2.05, 4.69) is 5.32 Å². The number of carbonyl (C=O) groups excluding carboxylic acids is 1. The van der Waals surface area contributed by atoms with Crippen LogP contribution < -0.4 is 5.32 Å². The van der Waals surface area contributed by atoms with E-state index in [1.54, 1.807) is 6.92 Å². The van der Waals surface area contributed by atoms with E-state index in [0.29, 0.717) is 24.1 Å². The highest BCUT2D eigenvalue weighted by atomic mass is 19.4. The molecule has 0 aliphatic carbocycles. The number of hydrogen-bond acceptors (Lipinski definition) is 2. The van der Waals surface area contributed by atoms with Gasteiger partial charge < -0.3 is 15.3 Å². The second kappa shape index (κ2) is 6.47. The number of likely N-dealkylation sites (tertiary alicyclic amines) is 1. The molecule has 2 N–H and O–H groups in total. The van der Waals surface area contributed by atoms with Gasteiger partial charge >= 0.3 is 18.2 Å². The molecule has 8 heteroatoms. The first-order valence-corrected chi connectivity index (χ1v) is 7.11. The lowest BCUT2D eigenvalue weighted by Crippen LogP contribution is -2.38. The van der Waals surface area contributed by atoms with Gasteiger partial charge in [0.05, 0.1) is 11.5 Å². The van der Waals surface area contributed by atoms with Crippen molar-refractivity contribution in [2.24, 2.45) is 5.92 Å². The minimum atomic E-state index is -4.39.